The summed E-state index contributed by atoms with van der Waals surface area (Å²) in [5.74, 6) is -0.565. The molecule has 1 atom stereocenters. The molecule has 1 aromatic carbocycles. The summed E-state index contributed by atoms with van der Waals surface area (Å²) < 4.78 is 0. The summed E-state index contributed by atoms with van der Waals surface area (Å²) in [5.41, 5.74) is 0.818. The maximum absolute atomic E-state index is 12.3. The standard InChI is InChI=1S/C19H20N2O3S/c1-12(2)17(15-8-5-11-25-15)20-16(22)9-10-21-18(23)13-6-3-4-7-14(13)19(21)24/h3-8,11-12,17H,9-10H2,1-2H3,(H,20,22)/t17-/m1/s1. The predicted molar refractivity (Wildman–Crippen MR) is 96.5 cm³/mol. The number of nitrogens with one attached hydrogen (secondary N) is 1. The number of hydrogen-bond acceptors (Lipinski definition) is 4. The van der Waals surface area contributed by atoms with Crippen LogP contribution in [0.3, 0.4) is 0 Å². The highest BCUT2D eigenvalue weighted by molar-refractivity contribution is 7.10. The lowest BCUT2D eigenvalue weighted by atomic mass is 10.0. The van der Waals surface area contributed by atoms with Gasteiger partial charge in [0.05, 0.1) is 17.2 Å². The fourth-order valence-corrected chi connectivity index (χ4v) is 3.88. The highest BCUT2D eigenvalue weighted by atomic mass is 32.1. The fourth-order valence-electron chi connectivity index (χ4n) is 2.94. The van der Waals surface area contributed by atoms with Crippen molar-refractivity contribution in [2.45, 2.75) is 26.3 Å². The van der Waals surface area contributed by atoms with Gasteiger partial charge in [-0.25, -0.2) is 0 Å². The average Bonchev–Trinajstić information content (AvgIpc) is 3.20. The Morgan fingerprint density at radius 1 is 1.08 bits per heavy atom. The summed E-state index contributed by atoms with van der Waals surface area (Å²) in [5, 5.41) is 5.00. The van der Waals surface area contributed by atoms with E-state index in [1.54, 1.807) is 35.6 Å². The Bertz CT molecular complexity index is 764. The van der Waals surface area contributed by atoms with E-state index in [0.717, 1.165) is 9.78 Å². The van der Waals surface area contributed by atoms with E-state index in [2.05, 4.69) is 19.2 Å². The van der Waals surface area contributed by atoms with Gasteiger partial charge < -0.3 is 5.32 Å². The molecule has 1 aliphatic heterocycles. The van der Waals surface area contributed by atoms with E-state index in [1.165, 1.54) is 0 Å². The number of amides is 3. The third-order valence-corrected chi connectivity index (χ3v) is 5.23. The topological polar surface area (TPSA) is 66.5 Å². The van der Waals surface area contributed by atoms with E-state index in [4.69, 9.17) is 0 Å². The third-order valence-electron chi connectivity index (χ3n) is 4.27. The van der Waals surface area contributed by atoms with Gasteiger partial charge in [-0.1, -0.05) is 32.0 Å². The Balaban J connectivity index is 1.61. The molecule has 1 N–H and O–H groups in total. The molecule has 0 unspecified atom stereocenters. The van der Waals surface area contributed by atoms with Crippen molar-refractivity contribution < 1.29 is 14.4 Å². The first kappa shape index (κ1) is 17.4. The SMILES string of the molecule is CC(C)[C@@H](NC(=O)CCN1C(=O)c2ccccc2C1=O)c1cccs1. The van der Waals surface area contributed by atoms with E-state index in [0.29, 0.717) is 11.1 Å². The predicted octanol–water partition coefficient (Wildman–Crippen LogP) is 3.25. The van der Waals surface area contributed by atoms with E-state index in [-0.39, 0.29) is 42.6 Å². The van der Waals surface area contributed by atoms with Crippen molar-refractivity contribution in [2.24, 2.45) is 5.92 Å². The summed E-state index contributed by atoms with van der Waals surface area (Å²) in [6.45, 7) is 4.19. The van der Waals surface area contributed by atoms with Gasteiger partial charge in [-0.05, 0) is 29.5 Å². The molecule has 2 heterocycles. The van der Waals surface area contributed by atoms with E-state index < -0.39 is 0 Å². The minimum absolute atomic E-state index is 0.0605. The summed E-state index contributed by atoms with van der Waals surface area (Å²) in [4.78, 5) is 39.2. The largest absolute Gasteiger partial charge is 0.348 e. The van der Waals surface area contributed by atoms with Crippen LogP contribution in [0.4, 0.5) is 0 Å². The van der Waals surface area contributed by atoms with Gasteiger partial charge in [-0.2, -0.15) is 0 Å². The molecule has 2 aromatic rings. The lowest BCUT2D eigenvalue weighted by Gasteiger charge is -2.22. The van der Waals surface area contributed by atoms with Gasteiger partial charge in [0.2, 0.25) is 5.91 Å². The number of nitrogens with zero attached hydrogens (tertiary/aromatic N) is 1. The molecule has 1 aromatic heterocycles. The number of imide groups is 1. The maximum atomic E-state index is 12.3. The lowest BCUT2D eigenvalue weighted by Crippen LogP contribution is -2.36. The molecule has 0 radical (unpaired) electrons. The molecule has 0 bridgehead atoms. The number of fused-ring (bicyclic) bond motifs is 1. The van der Waals surface area contributed by atoms with Crippen molar-refractivity contribution in [3.8, 4) is 0 Å². The van der Waals surface area contributed by atoms with Crippen molar-refractivity contribution in [3.05, 3.63) is 57.8 Å². The molecule has 6 heteroatoms. The zero-order valence-corrected chi connectivity index (χ0v) is 15.0. The van der Waals surface area contributed by atoms with Crippen LogP contribution in [0, 0.1) is 5.92 Å². The van der Waals surface area contributed by atoms with Gasteiger partial charge in [0.1, 0.15) is 0 Å². The number of carbonyl (C=O) groups is 3. The van der Waals surface area contributed by atoms with Crippen LogP contribution in [0.15, 0.2) is 41.8 Å². The molecule has 1 aliphatic rings. The molecular weight excluding hydrogens is 336 g/mol. The van der Waals surface area contributed by atoms with Crippen LogP contribution in [-0.4, -0.2) is 29.2 Å². The Kier molecular flexibility index (Phi) is 4.99. The Labute approximate surface area is 150 Å². The molecule has 5 nitrogen and oxygen atoms in total. The average molecular weight is 356 g/mol. The first-order valence-corrected chi connectivity index (χ1v) is 9.15. The number of thiophene rings is 1. The molecule has 25 heavy (non-hydrogen) atoms. The Morgan fingerprint density at radius 2 is 1.72 bits per heavy atom. The van der Waals surface area contributed by atoms with Gasteiger partial charge >= 0.3 is 0 Å². The van der Waals surface area contributed by atoms with Gasteiger partial charge in [-0.3, -0.25) is 19.3 Å². The van der Waals surface area contributed by atoms with Crippen LogP contribution >= 0.6 is 11.3 Å². The monoisotopic (exact) mass is 356 g/mol. The van der Waals surface area contributed by atoms with Gasteiger partial charge in [0.15, 0.2) is 0 Å². The summed E-state index contributed by atoms with van der Waals surface area (Å²) in [6, 6.07) is 10.6. The molecular formula is C19H20N2O3S. The van der Waals surface area contributed by atoms with Crippen molar-refractivity contribution in [3.63, 3.8) is 0 Å². The zero-order chi connectivity index (χ0) is 18.0. The smallest absolute Gasteiger partial charge is 0.261 e. The van der Waals surface area contributed by atoms with Crippen LogP contribution in [0.1, 0.15) is 51.9 Å². The first-order chi connectivity index (χ1) is 12.0. The summed E-state index contributed by atoms with van der Waals surface area (Å²) >= 11 is 1.60. The molecule has 0 aliphatic carbocycles. The minimum Gasteiger partial charge on any atom is -0.348 e. The van der Waals surface area contributed by atoms with Crippen molar-refractivity contribution >= 4 is 29.1 Å². The second-order valence-corrected chi connectivity index (χ2v) is 7.34. The van der Waals surface area contributed by atoms with Crippen LogP contribution in [-0.2, 0) is 4.79 Å². The Morgan fingerprint density at radius 3 is 2.24 bits per heavy atom. The minimum atomic E-state index is -0.327. The van der Waals surface area contributed by atoms with Crippen molar-refractivity contribution in [1.82, 2.24) is 10.2 Å². The summed E-state index contributed by atoms with van der Waals surface area (Å²) in [6.07, 6.45) is 0.0973. The number of carbonyl (C=O) groups excluding carboxylic acids is 3. The second kappa shape index (κ2) is 7.19. The van der Waals surface area contributed by atoms with Gasteiger partial charge in [0.25, 0.3) is 11.8 Å². The van der Waals surface area contributed by atoms with Crippen molar-refractivity contribution in [2.75, 3.05) is 6.54 Å². The highest BCUT2D eigenvalue weighted by Crippen LogP contribution is 2.26. The molecule has 0 spiro atoms. The number of hydrogen-bond donors (Lipinski definition) is 1. The van der Waals surface area contributed by atoms with Gasteiger partial charge in [0, 0.05) is 17.8 Å². The first-order valence-electron chi connectivity index (χ1n) is 8.27. The van der Waals surface area contributed by atoms with E-state index >= 15 is 0 Å². The van der Waals surface area contributed by atoms with Crippen LogP contribution in [0.5, 0.6) is 0 Å². The quantitative estimate of drug-likeness (QED) is 0.808. The molecule has 0 fully saturated rings. The van der Waals surface area contributed by atoms with E-state index in [1.807, 2.05) is 17.5 Å². The molecule has 3 amide bonds. The van der Waals surface area contributed by atoms with E-state index in [9.17, 15) is 14.4 Å². The molecule has 130 valence electrons. The second-order valence-electron chi connectivity index (χ2n) is 6.36. The number of benzene rings is 1. The van der Waals surface area contributed by atoms with Crippen LogP contribution in [0.25, 0.3) is 0 Å². The third kappa shape index (κ3) is 3.49. The van der Waals surface area contributed by atoms with Crippen molar-refractivity contribution in [1.29, 1.82) is 0 Å². The summed E-state index contributed by atoms with van der Waals surface area (Å²) in [7, 11) is 0. The molecule has 3 rings (SSSR count). The molecule has 0 saturated heterocycles. The fraction of sp³-hybridized carbons (Fsp3) is 0.316. The maximum Gasteiger partial charge on any atom is 0.261 e. The number of rotatable bonds is 6. The Hall–Kier alpha value is -2.47. The molecule has 0 saturated carbocycles. The normalized spacial score (nSPS) is 14.8. The zero-order valence-electron chi connectivity index (χ0n) is 14.2. The van der Waals surface area contributed by atoms with Gasteiger partial charge in [-0.15, -0.1) is 11.3 Å². The lowest BCUT2D eigenvalue weighted by molar-refractivity contribution is -0.122. The highest BCUT2D eigenvalue weighted by Gasteiger charge is 2.35. The van der Waals surface area contributed by atoms with Crippen LogP contribution < -0.4 is 5.32 Å². The van der Waals surface area contributed by atoms with Crippen LogP contribution in [0.2, 0.25) is 0 Å².